The third-order valence-corrected chi connectivity index (χ3v) is 3.78. The molecule has 19 heavy (non-hydrogen) atoms. The van der Waals surface area contributed by atoms with Gasteiger partial charge in [0.05, 0.1) is 0 Å². The second-order valence-electron chi connectivity index (χ2n) is 4.82. The molecule has 0 unspecified atom stereocenters. The highest BCUT2D eigenvalue weighted by Crippen LogP contribution is 2.29. The molecule has 1 aromatic carbocycles. The summed E-state index contributed by atoms with van der Waals surface area (Å²) in [4.78, 5) is 0. The summed E-state index contributed by atoms with van der Waals surface area (Å²) in [5.41, 5.74) is 2.25. The van der Waals surface area contributed by atoms with Gasteiger partial charge in [-0.3, -0.25) is 0 Å². The predicted molar refractivity (Wildman–Crippen MR) is 74.0 cm³/mol. The first kappa shape index (κ1) is 12.7. The molecule has 0 bridgehead atoms. The zero-order valence-electron chi connectivity index (χ0n) is 10.5. The van der Waals surface area contributed by atoms with Crippen LogP contribution in [0.1, 0.15) is 18.4 Å². The first-order chi connectivity index (χ1) is 9.15. The van der Waals surface area contributed by atoms with Crippen molar-refractivity contribution in [1.29, 1.82) is 0 Å². The van der Waals surface area contributed by atoms with Gasteiger partial charge in [-0.05, 0) is 46.5 Å². The third kappa shape index (κ3) is 2.69. The van der Waals surface area contributed by atoms with Crippen molar-refractivity contribution in [1.82, 2.24) is 20.3 Å². The summed E-state index contributed by atoms with van der Waals surface area (Å²) in [7, 11) is 1.75. The second kappa shape index (κ2) is 5.02. The van der Waals surface area contributed by atoms with E-state index in [-0.39, 0.29) is 5.82 Å². The van der Waals surface area contributed by atoms with E-state index in [1.807, 2.05) is 12.1 Å². The van der Waals surface area contributed by atoms with E-state index < -0.39 is 0 Å². The highest BCUT2D eigenvalue weighted by atomic mass is 79.9. The van der Waals surface area contributed by atoms with E-state index in [2.05, 4.69) is 31.6 Å². The van der Waals surface area contributed by atoms with Crippen molar-refractivity contribution in [2.24, 2.45) is 7.05 Å². The number of benzene rings is 1. The zero-order valence-corrected chi connectivity index (χ0v) is 12.1. The summed E-state index contributed by atoms with van der Waals surface area (Å²) in [5, 5.41) is 11.2. The minimum absolute atomic E-state index is 0.263. The average molecular weight is 325 g/mol. The predicted octanol–water partition coefficient (Wildman–Crippen LogP) is 2.64. The van der Waals surface area contributed by atoms with Crippen molar-refractivity contribution in [3.8, 4) is 11.3 Å². The van der Waals surface area contributed by atoms with E-state index in [4.69, 9.17) is 0 Å². The van der Waals surface area contributed by atoms with Gasteiger partial charge in [-0.1, -0.05) is 11.3 Å². The third-order valence-electron chi connectivity index (χ3n) is 3.24. The SMILES string of the molecule is Cn1nnc(Br)c1-c1cc(CNC2CC2)ccc1F. The van der Waals surface area contributed by atoms with Gasteiger partial charge in [-0.25, -0.2) is 9.07 Å². The molecule has 0 spiro atoms. The number of aryl methyl sites for hydroxylation is 1. The van der Waals surface area contributed by atoms with Gasteiger partial charge < -0.3 is 5.32 Å². The maximum Gasteiger partial charge on any atom is 0.156 e. The van der Waals surface area contributed by atoms with Gasteiger partial charge >= 0.3 is 0 Å². The first-order valence-electron chi connectivity index (χ1n) is 6.22. The van der Waals surface area contributed by atoms with Crippen molar-refractivity contribution in [2.45, 2.75) is 25.4 Å². The van der Waals surface area contributed by atoms with Crippen LogP contribution in [0, 0.1) is 5.82 Å². The van der Waals surface area contributed by atoms with E-state index in [9.17, 15) is 4.39 Å². The Bertz CT molecular complexity index is 587. The fraction of sp³-hybridized carbons (Fsp3) is 0.385. The molecule has 4 nitrogen and oxygen atoms in total. The molecule has 3 rings (SSSR count). The van der Waals surface area contributed by atoms with E-state index in [1.54, 1.807) is 11.7 Å². The summed E-state index contributed by atoms with van der Waals surface area (Å²) >= 11 is 3.31. The van der Waals surface area contributed by atoms with Gasteiger partial charge in [0.2, 0.25) is 0 Å². The Morgan fingerprint density at radius 3 is 2.89 bits per heavy atom. The van der Waals surface area contributed by atoms with Crippen LogP contribution in [0.3, 0.4) is 0 Å². The maximum absolute atomic E-state index is 14.0. The molecule has 0 atom stereocenters. The molecule has 1 fully saturated rings. The second-order valence-corrected chi connectivity index (χ2v) is 5.57. The van der Waals surface area contributed by atoms with Crippen LogP contribution in [0.4, 0.5) is 4.39 Å². The van der Waals surface area contributed by atoms with Crippen molar-refractivity contribution in [3.05, 3.63) is 34.2 Å². The number of hydrogen-bond acceptors (Lipinski definition) is 3. The first-order valence-corrected chi connectivity index (χ1v) is 7.02. The molecule has 0 aliphatic heterocycles. The van der Waals surface area contributed by atoms with Crippen molar-refractivity contribution in [3.63, 3.8) is 0 Å². The molecule has 0 saturated heterocycles. The highest BCUT2D eigenvalue weighted by molar-refractivity contribution is 9.10. The Kier molecular flexibility index (Phi) is 3.36. The molecule has 1 heterocycles. The lowest BCUT2D eigenvalue weighted by atomic mass is 10.1. The van der Waals surface area contributed by atoms with Crippen LogP contribution >= 0.6 is 15.9 Å². The van der Waals surface area contributed by atoms with Gasteiger partial charge in [-0.15, -0.1) is 5.10 Å². The fourth-order valence-corrected chi connectivity index (χ4v) is 2.57. The molecule has 100 valence electrons. The molecular formula is C13H14BrFN4. The number of halogens is 2. The van der Waals surface area contributed by atoms with Crippen molar-refractivity contribution < 1.29 is 4.39 Å². The van der Waals surface area contributed by atoms with Crippen LogP contribution in [0.15, 0.2) is 22.8 Å². The van der Waals surface area contributed by atoms with Gasteiger partial charge in [0, 0.05) is 25.2 Å². The lowest BCUT2D eigenvalue weighted by Gasteiger charge is -2.08. The fourth-order valence-electron chi connectivity index (χ4n) is 2.03. The molecule has 2 aromatic rings. The molecule has 0 radical (unpaired) electrons. The largest absolute Gasteiger partial charge is 0.310 e. The van der Waals surface area contributed by atoms with Crippen molar-refractivity contribution in [2.75, 3.05) is 0 Å². The average Bonchev–Trinajstić information content (AvgIpc) is 3.16. The molecule has 6 heteroatoms. The lowest BCUT2D eigenvalue weighted by Crippen LogP contribution is -2.15. The molecular weight excluding hydrogens is 311 g/mol. The molecule has 0 amide bonds. The Balaban J connectivity index is 1.93. The van der Waals surface area contributed by atoms with E-state index in [0.717, 1.165) is 12.1 Å². The summed E-state index contributed by atoms with van der Waals surface area (Å²) in [5.74, 6) is -0.263. The van der Waals surface area contributed by atoms with Crippen LogP contribution in [-0.4, -0.2) is 21.0 Å². The Hall–Kier alpha value is -1.27. The number of aromatic nitrogens is 3. The van der Waals surface area contributed by atoms with E-state index >= 15 is 0 Å². The standard InChI is InChI=1S/C13H14BrFN4/c1-19-12(13(14)17-18-19)10-6-8(2-5-11(10)15)7-16-9-3-4-9/h2,5-6,9,16H,3-4,7H2,1H3. The highest BCUT2D eigenvalue weighted by Gasteiger charge is 2.20. The quantitative estimate of drug-likeness (QED) is 0.940. The summed E-state index contributed by atoms with van der Waals surface area (Å²) < 4.78 is 16.1. The lowest BCUT2D eigenvalue weighted by molar-refractivity contribution is 0.624. The molecule has 1 aliphatic carbocycles. The topological polar surface area (TPSA) is 42.7 Å². The van der Waals surface area contributed by atoms with E-state index in [1.165, 1.54) is 18.9 Å². The zero-order chi connectivity index (χ0) is 13.4. The molecule has 1 saturated carbocycles. The minimum atomic E-state index is -0.263. The maximum atomic E-state index is 14.0. The molecule has 1 N–H and O–H groups in total. The van der Waals surface area contributed by atoms with Crippen LogP contribution in [0.25, 0.3) is 11.3 Å². The van der Waals surface area contributed by atoms with Crippen LogP contribution in [0.5, 0.6) is 0 Å². The molecule has 1 aromatic heterocycles. The Morgan fingerprint density at radius 2 is 2.26 bits per heavy atom. The number of hydrogen-bond donors (Lipinski definition) is 1. The van der Waals surface area contributed by atoms with Crippen LogP contribution < -0.4 is 5.32 Å². The number of rotatable bonds is 4. The Morgan fingerprint density at radius 1 is 1.47 bits per heavy atom. The number of nitrogens with one attached hydrogen (secondary N) is 1. The monoisotopic (exact) mass is 324 g/mol. The summed E-state index contributed by atoms with van der Waals surface area (Å²) in [6.07, 6.45) is 2.48. The van der Waals surface area contributed by atoms with Crippen molar-refractivity contribution >= 4 is 15.9 Å². The van der Waals surface area contributed by atoms with Crippen LogP contribution in [0.2, 0.25) is 0 Å². The van der Waals surface area contributed by atoms with Gasteiger partial charge in [0.15, 0.2) is 4.60 Å². The smallest absolute Gasteiger partial charge is 0.156 e. The minimum Gasteiger partial charge on any atom is -0.310 e. The molecule has 1 aliphatic rings. The van der Waals surface area contributed by atoms with Gasteiger partial charge in [0.25, 0.3) is 0 Å². The summed E-state index contributed by atoms with van der Waals surface area (Å²) in [6, 6.07) is 5.80. The van der Waals surface area contributed by atoms with Crippen LogP contribution in [-0.2, 0) is 13.6 Å². The van der Waals surface area contributed by atoms with Gasteiger partial charge in [-0.2, -0.15) is 0 Å². The normalized spacial score (nSPS) is 14.9. The van der Waals surface area contributed by atoms with E-state index in [0.29, 0.717) is 21.9 Å². The Labute approximate surface area is 119 Å². The summed E-state index contributed by atoms with van der Waals surface area (Å²) in [6.45, 7) is 0.765. The van der Waals surface area contributed by atoms with Gasteiger partial charge in [0.1, 0.15) is 11.5 Å². The number of nitrogens with zero attached hydrogens (tertiary/aromatic N) is 3.